The maximum atomic E-state index is 12.0. The van der Waals surface area contributed by atoms with Crippen molar-refractivity contribution in [1.82, 2.24) is 10.6 Å². The van der Waals surface area contributed by atoms with E-state index in [1.165, 1.54) is 24.3 Å². The second-order valence-corrected chi connectivity index (χ2v) is 4.83. The molecule has 25 heavy (non-hydrogen) atoms. The first kappa shape index (κ1) is 20.9. The summed E-state index contributed by atoms with van der Waals surface area (Å²) in [6, 6.07) is 4.97. The number of halogens is 6. The molecule has 0 aliphatic heterocycles. The first-order valence-electron chi connectivity index (χ1n) is 7.00. The van der Waals surface area contributed by atoms with Crippen LogP contribution in [0.4, 0.5) is 31.1 Å². The monoisotopic (exact) mass is 374 g/mol. The number of hydrogen-bond acceptors (Lipinski definition) is 3. The first-order valence-corrected chi connectivity index (χ1v) is 7.00. The number of amides is 2. The minimum Gasteiger partial charge on any atom is -0.484 e. The van der Waals surface area contributed by atoms with Crippen LogP contribution >= 0.6 is 0 Å². The molecule has 0 atom stereocenters. The normalized spacial score (nSPS) is 11.9. The molecule has 0 radical (unpaired) electrons. The summed E-state index contributed by atoms with van der Waals surface area (Å²) in [7, 11) is 0. The molecule has 0 spiro atoms. The van der Waals surface area contributed by atoms with E-state index in [1.54, 1.807) is 0 Å². The molecule has 0 aliphatic carbocycles. The number of alkyl halides is 6. The summed E-state index contributed by atoms with van der Waals surface area (Å²) in [4.78, 5) is 11.4. The Bertz CT molecular complexity index is 531. The molecule has 1 aromatic carbocycles. The highest BCUT2D eigenvalue weighted by Crippen LogP contribution is 2.18. The fourth-order valence-electron chi connectivity index (χ4n) is 1.54. The zero-order valence-corrected chi connectivity index (χ0v) is 12.8. The van der Waals surface area contributed by atoms with E-state index in [0.29, 0.717) is 5.56 Å². The van der Waals surface area contributed by atoms with Crippen molar-refractivity contribution in [1.29, 1.82) is 0 Å². The lowest BCUT2D eigenvalue weighted by molar-refractivity contribution is -0.173. The topological polar surface area (TPSA) is 59.6 Å². The second-order valence-electron chi connectivity index (χ2n) is 4.83. The molecule has 0 heterocycles. The second kappa shape index (κ2) is 9.35. The SMILES string of the molecule is O=C(NCCOCC(F)(F)F)NCc1ccc(OCC(F)(F)F)cc1. The van der Waals surface area contributed by atoms with Crippen molar-refractivity contribution in [3.8, 4) is 5.75 Å². The van der Waals surface area contributed by atoms with Crippen LogP contribution in [-0.4, -0.2) is 44.7 Å². The van der Waals surface area contributed by atoms with Gasteiger partial charge in [0.15, 0.2) is 6.61 Å². The summed E-state index contributed by atoms with van der Waals surface area (Å²) in [6.07, 6.45) is -8.85. The summed E-state index contributed by atoms with van der Waals surface area (Å²) >= 11 is 0. The molecule has 1 aromatic rings. The standard InChI is InChI=1S/C14H16F6N2O3/c15-13(16,17)8-24-6-5-21-12(23)22-7-10-1-3-11(4-2-10)25-9-14(18,19)20/h1-4H,5-9H2,(H2,21,22,23). The van der Waals surface area contributed by atoms with Crippen molar-refractivity contribution in [2.45, 2.75) is 18.9 Å². The van der Waals surface area contributed by atoms with Gasteiger partial charge in [-0.15, -0.1) is 0 Å². The molecule has 0 unspecified atom stereocenters. The Morgan fingerprint density at radius 2 is 1.52 bits per heavy atom. The molecule has 11 heteroatoms. The lowest BCUT2D eigenvalue weighted by atomic mass is 10.2. The van der Waals surface area contributed by atoms with Crippen LogP contribution in [0.1, 0.15) is 5.56 Å². The summed E-state index contributed by atoms with van der Waals surface area (Å²) in [5.41, 5.74) is 0.600. The largest absolute Gasteiger partial charge is 0.484 e. The molecule has 2 amide bonds. The Balaban J connectivity index is 2.21. The Hall–Kier alpha value is -2.17. The lowest BCUT2D eigenvalue weighted by Crippen LogP contribution is -2.37. The highest BCUT2D eigenvalue weighted by atomic mass is 19.4. The van der Waals surface area contributed by atoms with E-state index in [0.717, 1.165) is 0 Å². The number of carbonyl (C=O) groups is 1. The first-order chi connectivity index (χ1) is 11.6. The van der Waals surface area contributed by atoms with Crippen LogP contribution < -0.4 is 15.4 Å². The summed E-state index contributed by atoms with van der Waals surface area (Å²) < 4.78 is 80.2. The van der Waals surface area contributed by atoms with Gasteiger partial charge in [-0.3, -0.25) is 0 Å². The van der Waals surface area contributed by atoms with E-state index in [4.69, 9.17) is 0 Å². The summed E-state index contributed by atoms with van der Waals surface area (Å²) in [5.74, 6) is 0.0346. The van der Waals surface area contributed by atoms with Crippen molar-refractivity contribution in [3.63, 3.8) is 0 Å². The Morgan fingerprint density at radius 3 is 2.08 bits per heavy atom. The molecule has 1 rings (SSSR count). The van der Waals surface area contributed by atoms with Crippen molar-refractivity contribution < 1.29 is 40.6 Å². The van der Waals surface area contributed by atoms with Gasteiger partial charge in [0, 0.05) is 13.1 Å². The molecule has 0 saturated carbocycles. The van der Waals surface area contributed by atoms with Crippen LogP contribution in [0.2, 0.25) is 0 Å². The van der Waals surface area contributed by atoms with Gasteiger partial charge in [-0.05, 0) is 17.7 Å². The average Bonchev–Trinajstić information content (AvgIpc) is 2.50. The molecule has 0 fully saturated rings. The number of carbonyl (C=O) groups excluding carboxylic acids is 1. The Morgan fingerprint density at radius 1 is 0.920 bits per heavy atom. The van der Waals surface area contributed by atoms with Gasteiger partial charge in [-0.2, -0.15) is 26.3 Å². The van der Waals surface area contributed by atoms with E-state index in [9.17, 15) is 31.1 Å². The molecule has 0 bridgehead atoms. The van der Waals surface area contributed by atoms with Gasteiger partial charge in [0.05, 0.1) is 6.61 Å². The Kier molecular flexibility index (Phi) is 7.81. The van der Waals surface area contributed by atoms with Gasteiger partial charge in [0.25, 0.3) is 0 Å². The number of urea groups is 1. The predicted octanol–water partition coefficient (Wildman–Crippen LogP) is 3.01. The summed E-state index contributed by atoms with van der Waals surface area (Å²) in [6.45, 7) is -3.11. The van der Waals surface area contributed by atoms with Crippen LogP contribution in [0.25, 0.3) is 0 Å². The van der Waals surface area contributed by atoms with Crippen molar-refractivity contribution in [2.75, 3.05) is 26.4 Å². The van der Waals surface area contributed by atoms with Gasteiger partial charge in [0.1, 0.15) is 12.4 Å². The van der Waals surface area contributed by atoms with Gasteiger partial charge in [0.2, 0.25) is 0 Å². The number of ether oxygens (including phenoxy) is 2. The Labute approximate surface area is 139 Å². The van der Waals surface area contributed by atoms with Crippen molar-refractivity contribution in [2.24, 2.45) is 0 Å². The van der Waals surface area contributed by atoms with E-state index < -0.39 is 31.6 Å². The highest BCUT2D eigenvalue weighted by molar-refractivity contribution is 5.73. The third kappa shape index (κ3) is 11.1. The third-order valence-electron chi connectivity index (χ3n) is 2.58. The zero-order chi connectivity index (χ0) is 18.9. The minimum absolute atomic E-state index is 0.0346. The van der Waals surface area contributed by atoms with E-state index in [1.807, 2.05) is 0 Å². The number of benzene rings is 1. The van der Waals surface area contributed by atoms with Gasteiger partial charge in [-0.1, -0.05) is 12.1 Å². The molecule has 0 aliphatic rings. The van der Waals surface area contributed by atoms with E-state index in [2.05, 4.69) is 20.1 Å². The smallest absolute Gasteiger partial charge is 0.422 e. The molecule has 5 nitrogen and oxygen atoms in total. The predicted molar refractivity (Wildman–Crippen MR) is 75.1 cm³/mol. The third-order valence-corrected chi connectivity index (χ3v) is 2.58. The lowest BCUT2D eigenvalue weighted by Gasteiger charge is -2.11. The molecule has 0 saturated heterocycles. The quantitative estimate of drug-likeness (QED) is 0.543. The number of rotatable bonds is 8. The highest BCUT2D eigenvalue weighted by Gasteiger charge is 2.28. The molecule has 142 valence electrons. The fraction of sp³-hybridized carbons (Fsp3) is 0.500. The number of hydrogen-bond donors (Lipinski definition) is 2. The maximum Gasteiger partial charge on any atom is 0.422 e. The van der Waals surface area contributed by atoms with E-state index >= 15 is 0 Å². The van der Waals surface area contributed by atoms with Gasteiger partial charge < -0.3 is 20.1 Å². The average molecular weight is 374 g/mol. The van der Waals surface area contributed by atoms with Crippen LogP contribution in [0.3, 0.4) is 0 Å². The molecule has 2 N–H and O–H groups in total. The molecular weight excluding hydrogens is 358 g/mol. The van der Waals surface area contributed by atoms with Crippen LogP contribution in [0, 0.1) is 0 Å². The van der Waals surface area contributed by atoms with Crippen LogP contribution in [0.15, 0.2) is 24.3 Å². The van der Waals surface area contributed by atoms with Crippen LogP contribution in [0.5, 0.6) is 5.75 Å². The number of nitrogens with one attached hydrogen (secondary N) is 2. The zero-order valence-electron chi connectivity index (χ0n) is 12.8. The molecular formula is C14H16F6N2O3. The van der Waals surface area contributed by atoms with E-state index in [-0.39, 0.29) is 25.4 Å². The fourth-order valence-corrected chi connectivity index (χ4v) is 1.54. The van der Waals surface area contributed by atoms with Crippen molar-refractivity contribution in [3.05, 3.63) is 29.8 Å². The van der Waals surface area contributed by atoms with Gasteiger partial charge >= 0.3 is 18.4 Å². The van der Waals surface area contributed by atoms with Gasteiger partial charge in [-0.25, -0.2) is 4.79 Å². The minimum atomic E-state index is -4.43. The summed E-state index contributed by atoms with van der Waals surface area (Å²) in [5, 5.41) is 4.73. The van der Waals surface area contributed by atoms with Crippen LogP contribution in [-0.2, 0) is 11.3 Å². The van der Waals surface area contributed by atoms with Crippen molar-refractivity contribution >= 4 is 6.03 Å². The molecule has 0 aromatic heterocycles. The maximum absolute atomic E-state index is 12.0.